The van der Waals surface area contributed by atoms with Gasteiger partial charge in [0.25, 0.3) is 5.56 Å². The number of hydrogen-bond acceptors (Lipinski definition) is 2. The van der Waals surface area contributed by atoms with E-state index in [9.17, 15) is 4.79 Å². The average Bonchev–Trinajstić information content (AvgIpc) is 2.37. The normalized spacial score (nSPS) is 39.7. The first kappa shape index (κ1) is 11.6. The largest absolute Gasteiger partial charge is 0.398 e. The molecule has 0 aromatic carbocycles. The maximum atomic E-state index is 11.9. The lowest BCUT2D eigenvalue weighted by Crippen LogP contribution is -2.47. The first-order valence-electron chi connectivity index (χ1n) is 7.65. The Bertz CT molecular complexity index is 520. The Morgan fingerprint density at radius 3 is 2.32 bits per heavy atom. The van der Waals surface area contributed by atoms with Crippen molar-refractivity contribution in [1.29, 1.82) is 0 Å². The highest BCUT2D eigenvalue weighted by Crippen LogP contribution is 2.56. The minimum Gasteiger partial charge on any atom is -0.398 e. The Balaban J connectivity index is 1.60. The Morgan fingerprint density at radius 2 is 1.68 bits per heavy atom. The second kappa shape index (κ2) is 4.12. The van der Waals surface area contributed by atoms with Crippen molar-refractivity contribution < 1.29 is 0 Å². The van der Waals surface area contributed by atoms with Crippen molar-refractivity contribution in [3.05, 3.63) is 28.7 Å². The quantitative estimate of drug-likeness (QED) is 0.886. The summed E-state index contributed by atoms with van der Waals surface area (Å²) in [5.41, 5.74) is 6.62. The summed E-state index contributed by atoms with van der Waals surface area (Å²) in [7, 11) is 0. The highest BCUT2D eigenvalue weighted by molar-refractivity contribution is 5.33. The van der Waals surface area contributed by atoms with Crippen molar-refractivity contribution in [3.8, 4) is 0 Å². The lowest BCUT2D eigenvalue weighted by molar-refractivity contribution is -0.0433. The molecule has 3 nitrogen and oxygen atoms in total. The molecule has 0 radical (unpaired) electrons. The molecule has 1 aromatic rings. The molecule has 0 unspecified atom stereocenters. The molecular formula is C16H22N2O. The van der Waals surface area contributed by atoms with Gasteiger partial charge in [-0.05, 0) is 67.8 Å². The van der Waals surface area contributed by atoms with Crippen molar-refractivity contribution >= 4 is 5.69 Å². The van der Waals surface area contributed by atoms with E-state index < -0.39 is 0 Å². The fourth-order valence-electron chi connectivity index (χ4n) is 5.26. The summed E-state index contributed by atoms with van der Waals surface area (Å²) in [4.78, 5) is 11.9. The van der Waals surface area contributed by atoms with Gasteiger partial charge in [-0.15, -0.1) is 0 Å². The molecule has 4 bridgehead atoms. The summed E-state index contributed by atoms with van der Waals surface area (Å²) < 4.78 is 1.85. The molecule has 1 heterocycles. The maximum absolute atomic E-state index is 11.9. The molecule has 0 aliphatic heterocycles. The van der Waals surface area contributed by atoms with Gasteiger partial charge in [0, 0.05) is 24.5 Å². The fourth-order valence-corrected chi connectivity index (χ4v) is 5.26. The van der Waals surface area contributed by atoms with Crippen LogP contribution in [0.2, 0.25) is 0 Å². The zero-order valence-electron chi connectivity index (χ0n) is 11.3. The summed E-state index contributed by atoms with van der Waals surface area (Å²) >= 11 is 0. The van der Waals surface area contributed by atoms with Crippen LogP contribution in [0.1, 0.15) is 32.1 Å². The third-order valence-electron chi connectivity index (χ3n) is 5.84. The standard InChI is InChI=1S/C16H22N2O/c17-14-1-2-16(19)18(8-14)9-15-12-4-10-3-11(6-12)7-13(15)5-10/h1-2,8,10-13,15H,3-7,9,17H2. The van der Waals surface area contributed by atoms with E-state index in [-0.39, 0.29) is 5.56 Å². The van der Waals surface area contributed by atoms with Gasteiger partial charge in [0.1, 0.15) is 0 Å². The van der Waals surface area contributed by atoms with Crippen LogP contribution in [0.4, 0.5) is 5.69 Å². The Labute approximate surface area is 113 Å². The van der Waals surface area contributed by atoms with E-state index in [4.69, 9.17) is 5.73 Å². The van der Waals surface area contributed by atoms with Gasteiger partial charge in [0.2, 0.25) is 0 Å². The molecule has 5 rings (SSSR count). The molecule has 0 saturated heterocycles. The van der Waals surface area contributed by atoms with Crippen LogP contribution in [0.5, 0.6) is 0 Å². The van der Waals surface area contributed by atoms with E-state index in [0.29, 0.717) is 11.6 Å². The zero-order valence-corrected chi connectivity index (χ0v) is 11.3. The lowest BCUT2D eigenvalue weighted by atomic mass is 9.52. The van der Waals surface area contributed by atoms with Gasteiger partial charge in [-0.25, -0.2) is 0 Å². The first-order chi connectivity index (χ1) is 9.19. The molecule has 4 aliphatic carbocycles. The predicted molar refractivity (Wildman–Crippen MR) is 75.6 cm³/mol. The molecule has 3 heteroatoms. The van der Waals surface area contributed by atoms with Crippen LogP contribution in [0.15, 0.2) is 23.1 Å². The Kier molecular flexibility index (Phi) is 2.51. The molecule has 19 heavy (non-hydrogen) atoms. The van der Waals surface area contributed by atoms with Crippen LogP contribution in [-0.4, -0.2) is 4.57 Å². The second-order valence-electron chi connectivity index (χ2n) is 7.05. The molecular weight excluding hydrogens is 236 g/mol. The van der Waals surface area contributed by atoms with Crippen LogP contribution in [0, 0.1) is 29.6 Å². The van der Waals surface area contributed by atoms with E-state index in [2.05, 4.69) is 0 Å². The van der Waals surface area contributed by atoms with Gasteiger partial charge in [-0.1, -0.05) is 0 Å². The van der Waals surface area contributed by atoms with Gasteiger partial charge in [0.15, 0.2) is 0 Å². The van der Waals surface area contributed by atoms with Crippen LogP contribution in [0.3, 0.4) is 0 Å². The Hall–Kier alpha value is -1.25. The van der Waals surface area contributed by atoms with Gasteiger partial charge < -0.3 is 10.3 Å². The van der Waals surface area contributed by atoms with Crippen molar-refractivity contribution in [2.75, 3.05) is 5.73 Å². The fraction of sp³-hybridized carbons (Fsp3) is 0.688. The molecule has 4 saturated carbocycles. The number of hydrogen-bond donors (Lipinski definition) is 1. The molecule has 0 spiro atoms. The number of nitrogen functional groups attached to an aromatic ring is 1. The summed E-state index contributed by atoms with van der Waals surface area (Å²) in [6.45, 7) is 0.888. The number of pyridine rings is 1. The summed E-state index contributed by atoms with van der Waals surface area (Å²) in [6.07, 6.45) is 8.96. The Morgan fingerprint density at radius 1 is 1.05 bits per heavy atom. The van der Waals surface area contributed by atoms with Gasteiger partial charge in [-0.3, -0.25) is 4.79 Å². The molecule has 4 fully saturated rings. The number of anilines is 1. The summed E-state index contributed by atoms with van der Waals surface area (Å²) in [5, 5.41) is 0. The minimum atomic E-state index is 0.100. The van der Waals surface area contributed by atoms with E-state index in [1.54, 1.807) is 12.1 Å². The molecule has 2 N–H and O–H groups in total. The third kappa shape index (κ3) is 1.90. The lowest BCUT2D eigenvalue weighted by Gasteiger charge is -2.54. The van der Waals surface area contributed by atoms with Gasteiger partial charge in [0.05, 0.1) is 0 Å². The minimum absolute atomic E-state index is 0.100. The van der Waals surface area contributed by atoms with Crippen molar-refractivity contribution in [1.82, 2.24) is 4.57 Å². The van der Waals surface area contributed by atoms with E-state index in [0.717, 1.165) is 30.2 Å². The SMILES string of the molecule is Nc1ccc(=O)n(CC2C3CC4CC(C3)CC2C4)c1. The predicted octanol–water partition coefficient (Wildman–Crippen LogP) is 2.50. The number of rotatable bonds is 2. The van der Waals surface area contributed by atoms with Crippen LogP contribution in [-0.2, 0) is 6.54 Å². The van der Waals surface area contributed by atoms with E-state index >= 15 is 0 Å². The van der Waals surface area contributed by atoms with Crippen LogP contribution in [0.25, 0.3) is 0 Å². The van der Waals surface area contributed by atoms with Crippen molar-refractivity contribution in [3.63, 3.8) is 0 Å². The maximum Gasteiger partial charge on any atom is 0.250 e. The topological polar surface area (TPSA) is 48.0 Å². The highest BCUT2D eigenvalue weighted by atomic mass is 16.1. The van der Waals surface area contributed by atoms with E-state index in [1.165, 1.54) is 32.1 Å². The first-order valence-corrected chi connectivity index (χ1v) is 7.65. The summed E-state index contributed by atoms with van der Waals surface area (Å²) in [5.74, 6) is 4.44. The van der Waals surface area contributed by atoms with Crippen molar-refractivity contribution in [2.24, 2.45) is 29.6 Å². The summed E-state index contributed by atoms with van der Waals surface area (Å²) in [6, 6.07) is 3.31. The number of aromatic nitrogens is 1. The zero-order chi connectivity index (χ0) is 13.0. The molecule has 102 valence electrons. The molecule has 0 atom stereocenters. The third-order valence-corrected chi connectivity index (χ3v) is 5.84. The monoisotopic (exact) mass is 258 g/mol. The second-order valence-corrected chi connectivity index (χ2v) is 7.05. The smallest absolute Gasteiger partial charge is 0.250 e. The van der Waals surface area contributed by atoms with E-state index in [1.807, 2.05) is 10.8 Å². The number of nitrogens with two attached hydrogens (primary N) is 1. The van der Waals surface area contributed by atoms with Gasteiger partial charge in [-0.2, -0.15) is 0 Å². The number of nitrogens with zero attached hydrogens (tertiary/aromatic N) is 1. The molecule has 0 amide bonds. The highest BCUT2D eigenvalue weighted by Gasteiger charge is 2.47. The van der Waals surface area contributed by atoms with Gasteiger partial charge >= 0.3 is 0 Å². The van der Waals surface area contributed by atoms with Crippen molar-refractivity contribution in [2.45, 2.75) is 38.6 Å². The van der Waals surface area contributed by atoms with Crippen LogP contribution < -0.4 is 11.3 Å². The average molecular weight is 258 g/mol. The van der Waals surface area contributed by atoms with Crippen LogP contribution >= 0.6 is 0 Å². The molecule has 1 aromatic heterocycles. The molecule has 4 aliphatic rings.